The Hall–Kier alpha value is -2.68. The highest BCUT2D eigenvalue weighted by molar-refractivity contribution is 5.87. The number of aliphatic hydroxyl groups is 1. The average molecular weight is 368 g/mol. The minimum absolute atomic E-state index is 0.0301. The van der Waals surface area contributed by atoms with E-state index in [0.29, 0.717) is 5.56 Å². The molecule has 0 unspecified atom stereocenters. The lowest BCUT2D eigenvalue weighted by molar-refractivity contribution is -0.385. The van der Waals surface area contributed by atoms with Crippen molar-refractivity contribution in [2.75, 3.05) is 14.2 Å². The maximum Gasteiger partial charge on any atom is 0.328 e. The van der Waals surface area contributed by atoms with Crippen LogP contribution in [0.3, 0.4) is 0 Å². The maximum atomic E-state index is 12.1. The number of carbonyl (C=O) groups is 2. The van der Waals surface area contributed by atoms with E-state index in [4.69, 9.17) is 4.74 Å². The van der Waals surface area contributed by atoms with E-state index >= 15 is 0 Å². The molecular weight excluding hydrogens is 344 g/mol. The Morgan fingerprint density at radius 3 is 2.46 bits per heavy atom. The Morgan fingerprint density at radius 2 is 1.96 bits per heavy atom. The molecule has 0 saturated heterocycles. The monoisotopic (exact) mass is 368 g/mol. The highest BCUT2D eigenvalue weighted by Crippen LogP contribution is 2.28. The summed E-state index contributed by atoms with van der Waals surface area (Å²) >= 11 is 0. The van der Waals surface area contributed by atoms with Crippen LogP contribution in [-0.4, -0.2) is 48.3 Å². The van der Waals surface area contributed by atoms with E-state index in [2.05, 4.69) is 10.1 Å². The van der Waals surface area contributed by atoms with Gasteiger partial charge in [0.2, 0.25) is 5.91 Å². The zero-order chi connectivity index (χ0) is 19.9. The summed E-state index contributed by atoms with van der Waals surface area (Å²) in [5.74, 6) is -1.23. The number of hydrogen-bond donors (Lipinski definition) is 2. The number of nitro benzene ring substituents is 1. The summed E-state index contributed by atoms with van der Waals surface area (Å²) < 4.78 is 9.61. The van der Waals surface area contributed by atoms with Crippen LogP contribution in [0.2, 0.25) is 0 Å². The summed E-state index contributed by atoms with van der Waals surface area (Å²) in [5.41, 5.74) is 0.186. The van der Waals surface area contributed by atoms with Crippen molar-refractivity contribution in [3.05, 3.63) is 33.9 Å². The first-order valence-electron chi connectivity index (χ1n) is 8.07. The topological polar surface area (TPSA) is 128 Å². The van der Waals surface area contributed by atoms with Gasteiger partial charge in [0.25, 0.3) is 0 Å². The lowest BCUT2D eigenvalue weighted by atomic mass is 10.0. The largest absolute Gasteiger partial charge is 0.490 e. The number of benzene rings is 1. The molecule has 2 atom stereocenters. The number of carbonyl (C=O) groups excluding carboxylic acids is 2. The molecule has 9 heteroatoms. The van der Waals surface area contributed by atoms with E-state index in [1.165, 1.54) is 26.4 Å². The zero-order valence-electron chi connectivity index (χ0n) is 15.2. The molecule has 144 valence electrons. The first-order valence-corrected chi connectivity index (χ1v) is 8.07. The van der Waals surface area contributed by atoms with Gasteiger partial charge in [-0.25, -0.2) is 4.79 Å². The smallest absolute Gasteiger partial charge is 0.328 e. The normalized spacial score (nSPS) is 13.0. The standard InChI is InChI=1S/C17H24N2O7/c1-10(2)7-14(20)16(21)18-12(17(22)26-4)8-11-5-6-15(25-3)13(9-11)19(23)24/h5-6,9-10,12,14,20H,7-8H2,1-4H3,(H,18,21)/t12-,14+/m1/s1. The van der Waals surface area contributed by atoms with Crippen LogP contribution < -0.4 is 10.1 Å². The number of ether oxygens (including phenoxy) is 2. The lowest BCUT2D eigenvalue weighted by Crippen LogP contribution is -2.47. The van der Waals surface area contributed by atoms with Crippen LogP contribution in [-0.2, 0) is 20.7 Å². The molecule has 1 aromatic carbocycles. The van der Waals surface area contributed by atoms with Crippen molar-refractivity contribution in [1.82, 2.24) is 5.32 Å². The Labute approximate surface area is 151 Å². The number of nitrogens with zero attached hydrogens (tertiary/aromatic N) is 1. The molecule has 0 heterocycles. The van der Waals surface area contributed by atoms with Gasteiger partial charge in [-0.2, -0.15) is 0 Å². The molecule has 1 aromatic rings. The molecule has 0 aliphatic rings. The fourth-order valence-electron chi connectivity index (χ4n) is 2.40. The van der Waals surface area contributed by atoms with Crippen molar-refractivity contribution >= 4 is 17.6 Å². The number of nitrogens with one attached hydrogen (secondary N) is 1. The second-order valence-corrected chi connectivity index (χ2v) is 6.20. The fraction of sp³-hybridized carbons (Fsp3) is 0.529. The van der Waals surface area contributed by atoms with Crippen molar-refractivity contribution in [2.45, 2.75) is 38.8 Å². The quantitative estimate of drug-likeness (QED) is 0.381. The molecule has 0 bridgehead atoms. The fourth-order valence-corrected chi connectivity index (χ4v) is 2.40. The van der Waals surface area contributed by atoms with E-state index in [9.17, 15) is 24.8 Å². The Morgan fingerprint density at radius 1 is 1.31 bits per heavy atom. The molecule has 1 amide bonds. The molecule has 0 fully saturated rings. The van der Waals surface area contributed by atoms with Crippen molar-refractivity contribution in [1.29, 1.82) is 0 Å². The molecule has 0 aliphatic carbocycles. The SMILES string of the molecule is COC(=O)[C@@H](Cc1ccc(OC)c([N+](=O)[O-])c1)NC(=O)[C@@H](O)CC(C)C. The van der Waals surface area contributed by atoms with Gasteiger partial charge in [-0.1, -0.05) is 19.9 Å². The molecule has 0 spiro atoms. The minimum atomic E-state index is -1.26. The van der Waals surface area contributed by atoms with Gasteiger partial charge in [0.15, 0.2) is 5.75 Å². The van der Waals surface area contributed by atoms with E-state index in [-0.39, 0.29) is 30.2 Å². The lowest BCUT2D eigenvalue weighted by Gasteiger charge is -2.19. The molecule has 26 heavy (non-hydrogen) atoms. The zero-order valence-corrected chi connectivity index (χ0v) is 15.2. The first-order chi connectivity index (χ1) is 12.2. The molecule has 0 saturated carbocycles. The molecule has 0 radical (unpaired) electrons. The van der Waals surface area contributed by atoms with Gasteiger partial charge in [0.05, 0.1) is 19.1 Å². The molecule has 0 aliphatic heterocycles. The number of amides is 1. The van der Waals surface area contributed by atoms with Gasteiger partial charge in [-0.05, 0) is 24.0 Å². The average Bonchev–Trinajstić information content (AvgIpc) is 2.59. The number of aliphatic hydroxyl groups excluding tert-OH is 1. The van der Waals surface area contributed by atoms with E-state index in [0.717, 1.165) is 0 Å². The van der Waals surface area contributed by atoms with Gasteiger partial charge in [0, 0.05) is 12.5 Å². The molecular formula is C17H24N2O7. The predicted molar refractivity (Wildman–Crippen MR) is 92.8 cm³/mol. The van der Waals surface area contributed by atoms with Gasteiger partial charge in [0.1, 0.15) is 12.1 Å². The molecule has 0 aromatic heterocycles. The van der Waals surface area contributed by atoms with Gasteiger partial charge in [-0.15, -0.1) is 0 Å². The van der Waals surface area contributed by atoms with Crippen molar-refractivity contribution in [2.24, 2.45) is 5.92 Å². The first kappa shape index (κ1) is 21.4. The van der Waals surface area contributed by atoms with Crippen LogP contribution in [0.5, 0.6) is 5.75 Å². The number of hydrogen-bond acceptors (Lipinski definition) is 7. The Bertz CT molecular complexity index is 661. The van der Waals surface area contributed by atoms with Crippen molar-refractivity contribution in [3.63, 3.8) is 0 Å². The summed E-state index contributed by atoms with van der Waals surface area (Å²) in [4.78, 5) is 34.6. The maximum absolute atomic E-state index is 12.1. The molecule has 1 rings (SSSR count). The summed E-state index contributed by atoms with van der Waals surface area (Å²) in [5, 5.41) is 23.4. The van der Waals surface area contributed by atoms with Crippen LogP contribution >= 0.6 is 0 Å². The second-order valence-electron chi connectivity index (χ2n) is 6.20. The van der Waals surface area contributed by atoms with Crippen LogP contribution in [0.15, 0.2) is 18.2 Å². The number of esters is 1. The van der Waals surface area contributed by atoms with E-state index in [1.54, 1.807) is 6.07 Å². The van der Waals surface area contributed by atoms with Crippen LogP contribution in [0.1, 0.15) is 25.8 Å². The minimum Gasteiger partial charge on any atom is -0.490 e. The third-order valence-electron chi connectivity index (χ3n) is 3.68. The van der Waals surface area contributed by atoms with Crippen molar-refractivity contribution < 1.29 is 29.1 Å². The van der Waals surface area contributed by atoms with Gasteiger partial charge in [-0.3, -0.25) is 14.9 Å². The second kappa shape index (κ2) is 9.71. The van der Waals surface area contributed by atoms with E-state index in [1.807, 2.05) is 13.8 Å². The third kappa shape index (κ3) is 5.99. The number of nitro groups is 1. The summed E-state index contributed by atoms with van der Waals surface area (Å²) in [7, 11) is 2.48. The highest BCUT2D eigenvalue weighted by atomic mass is 16.6. The number of rotatable bonds is 9. The van der Waals surface area contributed by atoms with Crippen LogP contribution in [0, 0.1) is 16.0 Å². The van der Waals surface area contributed by atoms with Crippen LogP contribution in [0.25, 0.3) is 0 Å². The highest BCUT2D eigenvalue weighted by Gasteiger charge is 2.27. The summed E-state index contributed by atoms with van der Waals surface area (Å²) in [6, 6.07) is 3.16. The Kier molecular flexibility index (Phi) is 7.98. The number of methoxy groups -OCH3 is 2. The summed E-state index contributed by atoms with van der Waals surface area (Å²) in [6.07, 6.45) is -1.04. The van der Waals surface area contributed by atoms with Crippen molar-refractivity contribution in [3.8, 4) is 5.75 Å². The third-order valence-corrected chi connectivity index (χ3v) is 3.68. The van der Waals surface area contributed by atoms with Crippen LogP contribution in [0.4, 0.5) is 5.69 Å². The Balaban J connectivity index is 2.98. The predicted octanol–water partition coefficient (Wildman–Crippen LogP) is 1.21. The summed E-state index contributed by atoms with van der Waals surface area (Å²) in [6.45, 7) is 3.70. The van der Waals surface area contributed by atoms with E-state index < -0.39 is 28.9 Å². The van der Waals surface area contributed by atoms with Gasteiger partial charge < -0.3 is 19.9 Å². The molecule has 2 N–H and O–H groups in total. The molecule has 9 nitrogen and oxygen atoms in total. The van der Waals surface area contributed by atoms with Gasteiger partial charge >= 0.3 is 11.7 Å².